The Bertz CT molecular complexity index is 968. The molecule has 0 aliphatic heterocycles. The zero-order valence-electron chi connectivity index (χ0n) is 16.2. The van der Waals surface area contributed by atoms with Crippen molar-refractivity contribution in [3.8, 4) is 11.8 Å². The molecule has 2 aromatic carbocycles. The largest absolute Gasteiger partial charge is 0.492 e. The number of aryl methyl sites for hydroxylation is 2. The molecular weight excluding hydrogens is 336 g/mol. The van der Waals surface area contributed by atoms with Crippen LogP contribution < -0.4 is 10.2 Å². The van der Waals surface area contributed by atoms with Gasteiger partial charge in [0.1, 0.15) is 17.6 Å². The zero-order chi connectivity index (χ0) is 19.2. The van der Waals surface area contributed by atoms with Crippen LogP contribution in [-0.4, -0.2) is 22.8 Å². The summed E-state index contributed by atoms with van der Waals surface area (Å²) in [4.78, 5) is 4.65. The molecule has 0 unspecified atom stereocenters. The number of nitrogens with one attached hydrogen (secondary N) is 1. The number of imidazole rings is 1. The third-order valence-electron chi connectivity index (χ3n) is 4.66. The Labute approximate surface area is 160 Å². The van der Waals surface area contributed by atoms with Gasteiger partial charge in [0.25, 0.3) is 0 Å². The minimum atomic E-state index is 0.600. The van der Waals surface area contributed by atoms with Crippen molar-refractivity contribution in [3.63, 3.8) is 0 Å². The molecule has 0 fully saturated rings. The Morgan fingerprint density at radius 2 is 2.07 bits per heavy atom. The van der Waals surface area contributed by atoms with Crippen molar-refractivity contribution in [2.75, 3.05) is 18.6 Å². The van der Waals surface area contributed by atoms with E-state index in [1.165, 1.54) is 5.56 Å². The standard InChI is InChI=1S/C22H26N4O/c1-4-5-13-27-21-10-9-18(14-19(21)15-23)11-12-24-26-17(3)25-22-16(2)7-6-8-20(22)26/h6-10,14,24H,4-5,11-13H2,1-3H3. The van der Waals surface area contributed by atoms with Crippen LogP contribution in [0.15, 0.2) is 36.4 Å². The fraction of sp³-hybridized carbons (Fsp3) is 0.364. The Morgan fingerprint density at radius 1 is 1.22 bits per heavy atom. The van der Waals surface area contributed by atoms with Crippen LogP contribution in [0, 0.1) is 25.2 Å². The summed E-state index contributed by atoms with van der Waals surface area (Å²) in [6.45, 7) is 7.60. The van der Waals surface area contributed by atoms with Crippen LogP contribution in [0.4, 0.5) is 0 Å². The van der Waals surface area contributed by atoms with Crippen LogP contribution in [0.5, 0.6) is 5.75 Å². The van der Waals surface area contributed by atoms with Crippen LogP contribution >= 0.6 is 0 Å². The fourth-order valence-corrected chi connectivity index (χ4v) is 3.14. The average Bonchev–Trinajstić information content (AvgIpc) is 3.00. The summed E-state index contributed by atoms with van der Waals surface area (Å²) in [5, 5.41) is 9.40. The van der Waals surface area contributed by atoms with Crippen molar-refractivity contribution in [1.82, 2.24) is 9.66 Å². The molecule has 140 valence electrons. The molecule has 0 saturated heterocycles. The molecule has 3 rings (SSSR count). The van der Waals surface area contributed by atoms with Crippen molar-refractivity contribution in [2.45, 2.75) is 40.0 Å². The van der Waals surface area contributed by atoms with Gasteiger partial charge in [0.2, 0.25) is 0 Å². The predicted molar refractivity (Wildman–Crippen MR) is 109 cm³/mol. The molecule has 1 aromatic heterocycles. The van der Waals surface area contributed by atoms with E-state index in [1.54, 1.807) is 0 Å². The van der Waals surface area contributed by atoms with E-state index in [2.05, 4.69) is 42.5 Å². The highest BCUT2D eigenvalue weighted by Crippen LogP contribution is 2.21. The summed E-state index contributed by atoms with van der Waals surface area (Å²) in [7, 11) is 0. The monoisotopic (exact) mass is 362 g/mol. The van der Waals surface area contributed by atoms with E-state index in [-0.39, 0.29) is 0 Å². The van der Waals surface area contributed by atoms with Gasteiger partial charge in [0.15, 0.2) is 0 Å². The number of para-hydroxylation sites is 1. The molecule has 0 atom stereocenters. The number of unbranched alkanes of at least 4 members (excludes halogenated alkanes) is 1. The number of benzene rings is 2. The molecule has 0 radical (unpaired) electrons. The van der Waals surface area contributed by atoms with Crippen LogP contribution in [0.25, 0.3) is 11.0 Å². The smallest absolute Gasteiger partial charge is 0.137 e. The predicted octanol–water partition coefficient (Wildman–Crippen LogP) is 4.49. The zero-order valence-corrected chi connectivity index (χ0v) is 16.2. The second kappa shape index (κ2) is 8.59. The molecule has 0 aliphatic rings. The van der Waals surface area contributed by atoms with Gasteiger partial charge in [-0.05, 0) is 56.0 Å². The third-order valence-corrected chi connectivity index (χ3v) is 4.66. The van der Waals surface area contributed by atoms with Gasteiger partial charge in [-0.25, -0.2) is 9.66 Å². The Balaban J connectivity index is 1.67. The second-order valence-electron chi connectivity index (χ2n) is 6.74. The van der Waals surface area contributed by atoms with Crippen molar-refractivity contribution >= 4 is 11.0 Å². The minimum Gasteiger partial charge on any atom is -0.492 e. The second-order valence-corrected chi connectivity index (χ2v) is 6.74. The molecule has 5 heteroatoms. The van der Waals surface area contributed by atoms with Gasteiger partial charge >= 0.3 is 0 Å². The molecule has 5 nitrogen and oxygen atoms in total. The van der Waals surface area contributed by atoms with Gasteiger partial charge in [0.05, 0.1) is 23.2 Å². The van der Waals surface area contributed by atoms with Crippen LogP contribution in [-0.2, 0) is 6.42 Å². The van der Waals surface area contributed by atoms with E-state index in [0.717, 1.165) is 48.2 Å². The molecule has 0 amide bonds. The third kappa shape index (κ3) is 4.22. The molecule has 0 spiro atoms. The molecule has 0 aliphatic carbocycles. The summed E-state index contributed by atoms with van der Waals surface area (Å²) in [6, 6.07) is 14.3. The van der Waals surface area contributed by atoms with Crippen molar-refractivity contribution in [3.05, 3.63) is 58.9 Å². The first kappa shape index (κ1) is 18.8. The van der Waals surface area contributed by atoms with Crippen LogP contribution in [0.3, 0.4) is 0 Å². The lowest BCUT2D eigenvalue weighted by Crippen LogP contribution is -2.18. The number of ether oxygens (including phenoxy) is 1. The molecule has 0 bridgehead atoms. The lowest BCUT2D eigenvalue weighted by atomic mass is 10.1. The number of nitriles is 1. The number of rotatable bonds is 8. The van der Waals surface area contributed by atoms with E-state index in [1.807, 2.05) is 35.9 Å². The first-order valence-corrected chi connectivity index (χ1v) is 9.48. The molecule has 27 heavy (non-hydrogen) atoms. The Morgan fingerprint density at radius 3 is 2.85 bits per heavy atom. The lowest BCUT2D eigenvalue weighted by molar-refractivity contribution is 0.308. The van der Waals surface area contributed by atoms with E-state index in [0.29, 0.717) is 17.9 Å². The molecule has 3 aromatic rings. The topological polar surface area (TPSA) is 62.9 Å². The summed E-state index contributed by atoms with van der Waals surface area (Å²) < 4.78 is 7.75. The first-order chi connectivity index (χ1) is 13.1. The summed E-state index contributed by atoms with van der Waals surface area (Å²) in [5.41, 5.74) is 8.45. The van der Waals surface area contributed by atoms with Crippen molar-refractivity contribution in [2.24, 2.45) is 0 Å². The Kier molecular flexibility index (Phi) is 5.97. The molecule has 1 N–H and O–H groups in total. The normalized spacial score (nSPS) is 10.7. The van der Waals surface area contributed by atoms with Gasteiger partial charge in [-0.3, -0.25) is 0 Å². The Hall–Kier alpha value is -3.00. The van der Waals surface area contributed by atoms with Gasteiger partial charge < -0.3 is 10.2 Å². The van der Waals surface area contributed by atoms with E-state index in [4.69, 9.17) is 4.74 Å². The summed E-state index contributed by atoms with van der Waals surface area (Å²) in [5.74, 6) is 1.62. The number of hydrogen-bond donors (Lipinski definition) is 1. The van der Waals surface area contributed by atoms with Crippen LogP contribution in [0.1, 0.15) is 42.3 Å². The molecule has 1 heterocycles. The van der Waals surface area contributed by atoms with E-state index in [9.17, 15) is 5.26 Å². The summed E-state index contributed by atoms with van der Waals surface area (Å²) in [6.07, 6.45) is 2.89. The van der Waals surface area contributed by atoms with Gasteiger partial charge in [-0.2, -0.15) is 5.26 Å². The van der Waals surface area contributed by atoms with Crippen molar-refractivity contribution in [1.29, 1.82) is 5.26 Å². The fourth-order valence-electron chi connectivity index (χ4n) is 3.14. The summed E-state index contributed by atoms with van der Waals surface area (Å²) >= 11 is 0. The van der Waals surface area contributed by atoms with Gasteiger partial charge in [-0.15, -0.1) is 0 Å². The highest BCUT2D eigenvalue weighted by atomic mass is 16.5. The maximum Gasteiger partial charge on any atom is 0.137 e. The van der Waals surface area contributed by atoms with E-state index >= 15 is 0 Å². The average molecular weight is 362 g/mol. The quantitative estimate of drug-likeness (QED) is 0.600. The lowest BCUT2D eigenvalue weighted by Gasteiger charge is -2.12. The maximum atomic E-state index is 9.40. The van der Waals surface area contributed by atoms with Crippen molar-refractivity contribution < 1.29 is 4.74 Å². The number of nitrogens with zero attached hydrogens (tertiary/aromatic N) is 3. The molecule has 0 saturated carbocycles. The van der Waals surface area contributed by atoms with E-state index < -0.39 is 0 Å². The van der Waals surface area contributed by atoms with Crippen LogP contribution in [0.2, 0.25) is 0 Å². The minimum absolute atomic E-state index is 0.600. The SMILES string of the molecule is CCCCOc1ccc(CCNn2c(C)nc3c(C)cccc32)cc1C#N. The van der Waals surface area contributed by atoms with Gasteiger partial charge in [0, 0.05) is 6.54 Å². The highest BCUT2D eigenvalue weighted by molar-refractivity contribution is 5.79. The number of aromatic nitrogens is 2. The number of fused-ring (bicyclic) bond motifs is 1. The van der Waals surface area contributed by atoms with Gasteiger partial charge in [-0.1, -0.05) is 31.5 Å². The maximum absolute atomic E-state index is 9.40. The number of hydrogen-bond acceptors (Lipinski definition) is 4. The first-order valence-electron chi connectivity index (χ1n) is 9.48. The molecular formula is C22H26N4O. The highest BCUT2D eigenvalue weighted by Gasteiger charge is 2.09.